The first-order valence-corrected chi connectivity index (χ1v) is 9.67. The Morgan fingerprint density at radius 1 is 1.31 bits per heavy atom. The lowest BCUT2D eigenvalue weighted by atomic mass is 10.0. The van der Waals surface area contributed by atoms with Gasteiger partial charge in [0.15, 0.2) is 11.5 Å². The Bertz CT molecular complexity index is 850. The summed E-state index contributed by atoms with van der Waals surface area (Å²) >= 11 is 0. The summed E-state index contributed by atoms with van der Waals surface area (Å²) in [5.74, 6) is 3.40. The standard InChI is InChI=1S/C19H27N7O3/c1-6-7-9-19(23-24-19)10-8-14(27)20-16-21-15(22-25(16)5)13-11-26(12-13)17(28)29-18(2,3)4/h1,13H,7-12H2,2-5H3,(H,20,21,22,27). The number of carbonyl (C=O) groups excluding carboxylic acids is 2. The van der Waals surface area contributed by atoms with Crippen LogP contribution in [0.15, 0.2) is 10.2 Å². The lowest BCUT2D eigenvalue weighted by molar-refractivity contribution is -0.116. The van der Waals surface area contributed by atoms with E-state index < -0.39 is 11.3 Å². The van der Waals surface area contributed by atoms with Gasteiger partial charge in [-0.2, -0.15) is 20.3 Å². The Morgan fingerprint density at radius 2 is 2.00 bits per heavy atom. The molecule has 0 aromatic carbocycles. The fourth-order valence-electron chi connectivity index (χ4n) is 2.97. The normalized spacial score (nSPS) is 17.4. The number of terminal acetylenes is 1. The van der Waals surface area contributed by atoms with Crippen LogP contribution in [0.4, 0.5) is 10.7 Å². The number of amides is 2. The molecule has 156 valence electrons. The van der Waals surface area contributed by atoms with Crippen LogP contribution >= 0.6 is 0 Å². The van der Waals surface area contributed by atoms with E-state index in [1.54, 1.807) is 11.9 Å². The molecule has 1 saturated heterocycles. The maximum atomic E-state index is 12.3. The molecule has 0 atom stereocenters. The minimum absolute atomic E-state index is 0.0236. The number of rotatable bonds is 7. The van der Waals surface area contributed by atoms with E-state index in [2.05, 4.69) is 31.5 Å². The first-order chi connectivity index (χ1) is 13.6. The Kier molecular flexibility index (Phi) is 5.59. The third kappa shape index (κ3) is 5.31. The SMILES string of the molecule is C#CCCC1(CCC(=O)Nc2nc(C3CN(C(=O)OC(C)(C)C)C3)nn2C)N=N1. The molecular formula is C19H27N7O3. The van der Waals surface area contributed by atoms with E-state index in [1.165, 1.54) is 4.68 Å². The van der Waals surface area contributed by atoms with E-state index in [0.29, 0.717) is 44.1 Å². The van der Waals surface area contributed by atoms with Gasteiger partial charge in [-0.1, -0.05) is 0 Å². The summed E-state index contributed by atoms with van der Waals surface area (Å²) in [6, 6.07) is 0. The molecule has 2 amide bonds. The molecule has 0 unspecified atom stereocenters. The largest absolute Gasteiger partial charge is 0.444 e. The zero-order valence-electron chi connectivity index (χ0n) is 17.3. The predicted octanol–water partition coefficient (Wildman–Crippen LogP) is 2.44. The summed E-state index contributed by atoms with van der Waals surface area (Å²) in [6.07, 6.45) is 6.99. The Balaban J connectivity index is 1.47. The van der Waals surface area contributed by atoms with Crippen LogP contribution in [0, 0.1) is 12.3 Å². The molecule has 0 spiro atoms. The second kappa shape index (κ2) is 7.81. The van der Waals surface area contributed by atoms with E-state index in [9.17, 15) is 9.59 Å². The van der Waals surface area contributed by atoms with E-state index in [0.717, 1.165) is 0 Å². The quantitative estimate of drug-likeness (QED) is 0.705. The van der Waals surface area contributed by atoms with Crippen molar-refractivity contribution < 1.29 is 14.3 Å². The molecule has 2 aliphatic rings. The van der Waals surface area contributed by atoms with Crippen molar-refractivity contribution in [1.82, 2.24) is 19.7 Å². The summed E-state index contributed by atoms with van der Waals surface area (Å²) in [5, 5.41) is 15.2. The van der Waals surface area contributed by atoms with Crippen LogP contribution in [0.5, 0.6) is 0 Å². The summed E-state index contributed by atoms with van der Waals surface area (Å²) < 4.78 is 6.88. The van der Waals surface area contributed by atoms with Gasteiger partial charge < -0.3 is 9.64 Å². The van der Waals surface area contributed by atoms with Gasteiger partial charge in [-0.15, -0.1) is 12.3 Å². The highest BCUT2D eigenvalue weighted by molar-refractivity contribution is 5.89. The van der Waals surface area contributed by atoms with E-state index in [-0.39, 0.29) is 24.3 Å². The zero-order valence-corrected chi connectivity index (χ0v) is 17.3. The molecule has 2 aliphatic heterocycles. The summed E-state index contributed by atoms with van der Waals surface area (Å²) in [7, 11) is 1.72. The summed E-state index contributed by atoms with van der Waals surface area (Å²) in [4.78, 5) is 30.3. The highest BCUT2D eigenvalue weighted by atomic mass is 16.6. The van der Waals surface area contributed by atoms with E-state index >= 15 is 0 Å². The molecule has 29 heavy (non-hydrogen) atoms. The second-order valence-electron chi connectivity index (χ2n) is 8.43. The topological polar surface area (TPSA) is 114 Å². The first kappa shape index (κ1) is 20.8. The van der Waals surface area contributed by atoms with Crippen LogP contribution in [0.25, 0.3) is 0 Å². The van der Waals surface area contributed by atoms with E-state index in [4.69, 9.17) is 11.2 Å². The predicted molar refractivity (Wildman–Crippen MR) is 105 cm³/mol. The molecule has 0 bridgehead atoms. The van der Waals surface area contributed by atoms with Crippen molar-refractivity contribution in [3.8, 4) is 12.3 Å². The molecule has 10 nitrogen and oxygen atoms in total. The molecule has 0 aliphatic carbocycles. The molecule has 1 aromatic rings. The number of anilines is 1. The van der Waals surface area contributed by atoms with Crippen LogP contribution in [0.3, 0.4) is 0 Å². The van der Waals surface area contributed by atoms with Crippen molar-refractivity contribution in [2.75, 3.05) is 18.4 Å². The maximum absolute atomic E-state index is 12.3. The van der Waals surface area contributed by atoms with Crippen molar-refractivity contribution in [3.05, 3.63) is 5.82 Å². The molecular weight excluding hydrogens is 374 g/mol. The molecule has 0 saturated carbocycles. The van der Waals surface area contributed by atoms with Crippen LogP contribution in [-0.2, 0) is 16.6 Å². The van der Waals surface area contributed by atoms with Gasteiger partial charge in [0.2, 0.25) is 11.9 Å². The lowest BCUT2D eigenvalue weighted by Gasteiger charge is -2.38. The average molecular weight is 401 g/mol. The van der Waals surface area contributed by atoms with Crippen molar-refractivity contribution in [3.63, 3.8) is 0 Å². The third-order valence-corrected chi connectivity index (χ3v) is 4.73. The van der Waals surface area contributed by atoms with Gasteiger partial charge in [-0.25, -0.2) is 9.48 Å². The molecule has 0 radical (unpaired) electrons. The summed E-state index contributed by atoms with van der Waals surface area (Å²) in [5.41, 5.74) is -1.00. The third-order valence-electron chi connectivity index (χ3n) is 4.73. The Hall–Kier alpha value is -2.96. The number of likely N-dealkylation sites (tertiary alicyclic amines) is 1. The fourth-order valence-corrected chi connectivity index (χ4v) is 2.97. The van der Waals surface area contributed by atoms with Crippen molar-refractivity contribution in [2.45, 2.75) is 63.6 Å². The smallest absolute Gasteiger partial charge is 0.410 e. The molecule has 1 fully saturated rings. The Labute approximate surface area is 170 Å². The zero-order chi connectivity index (χ0) is 21.2. The van der Waals surface area contributed by atoms with Crippen LogP contribution in [0.1, 0.15) is 58.2 Å². The minimum atomic E-state index is -0.525. The summed E-state index contributed by atoms with van der Waals surface area (Å²) in [6.45, 7) is 6.49. The van der Waals surface area contributed by atoms with Gasteiger partial charge in [-0.05, 0) is 20.8 Å². The van der Waals surface area contributed by atoms with Crippen molar-refractivity contribution >= 4 is 17.9 Å². The van der Waals surface area contributed by atoms with Gasteiger partial charge in [0.25, 0.3) is 0 Å². The molecule has 10 heteroatoms. The van der Waals surface area contributed by atoms with Crippen LogP contribution < -0.4 is 5.32 Å². The number of hydrogen-bond acceptors (Lipinski definition) is 7. The first-order valence-electron chi connectivity index (χ1n) is 9.67. The average Bonchev–Trinajstić information content (AvgIpc) is 3.26. The number of carbonyl (C=O) groups is 2. The number of aryl methyl sites for hydroxylation is 1. The fraction of sp³-hybridized carbons (Fsp3) is 0.684. The van der Waals surface area contributed by atoms with Gasteiger partial charge in [0.05, 0.1) is 5.92 Å². The number of nitrogens with one attached hydrogen (secondary N) is 1. The number of nitrogens with zero attached hydrogens (tertiary/aromatic N) is 6. The monoisotopic (exact) mass is 401 g/mol. The van der Waals surface area contributed by atoms with E-state index in [1.807, 2.05) is 20.8 Å². The number of ether oxygens (including phenoxy) is 1. The van der Waals surface area contributed by atoms with Gasteiger partial charge in [0, 0.05) is 45.8 Å². The molecule has 1 aromatic heterocycles. The lowest BCUT2D eigenvalue weighted by Crippen LogP contribution is -2.50. The molecule has 1 N–H and O–H groups in total. The van der Waals surface area contributed by atoms with Gasteiger partial charge in [-0.3, -0.25) is 10.1 Å². The molecule has 3 rings (SSSR count). The number of aromatic nitrogens is 3. The van der Waals surface area contributed by atoms with Crippen molar-refractivity contribution in [1.29, 1.82) is 0 Å². The van der Waals surface area contributed by atoms with Crippen molar-refractivity contribution in [2.24, 2.45) is 17.3 Å². The Morgan fingerprint density at radius 3 is 2.59 bits per heavy atom. The second-order valence-corrected chi connectivity index (χ2v) is 8.43. The van der Waals surface area contributed by atoms with Crippen LogP contribution in [0.2, 0.25) is 0 Å². The minimum Gasteiger partial charge on any atom is -0.444 e. The van der Waals surface area contributed by atoms with Gasteiger partial charge >= 0.3 is 6.09 Å². The maximum Gasteiger partial charge on any atom is 0.410 e. The highest BCUT2D eigenvalue weighted by Crippen LogP contribution is 2.37. The highest BCUT2D eigenvalue weighted by Gasteiger charge is 2.39. The van der Waals surface area contributed by atoms with Crippen LogP contribution in [-0.4, -0.2) is 56.0 Å². The molecule has 3 heterocycles. The van der Waals surface area contributed by atoms with Gasteiger partial charge in [0.1, 0.15) is 5.60 Å². The number of hydrogen-bond donors (Lipinski definition) is 1.